The Hall–Kier alpha value is -3.17. The summed E-state index contributed by atoms with van der Waals surface area (Å²) in [5.41, 5.74) is 5.76. The minimum Gasteiger partial charge on any atom is -0.452 e. The fraction of sp³-hybridized carbons (Fsp3) is 0.571. The molecule has 1 aromatic carbocycles. The van der Waals surface area contributed by atoms with Crippen LogP contribution in [0.5, 0.6) is 0 Å². The molecule has 2 amide bonds. The SMILES string of the molecule is CC1CCN(c2ccc([N+](=O)[O-])cc2C(=O)OCC(=O)N2CCC(C(N)=O)CC2)CC1. The summed E-state index contributed by atoms with van der Waals surface area (Å²) in [5, 5.41) is 11.2. The van der Waals surface area contributed by atoms with Gasteiger partial charge in [0.1, 0.15) is 0 Å². The van der Waals surface area contributed by atoms with Crippen LogP contribution in [0.15, 0.2) is 18.2 Å². The van der Waals surface area contributed by atoms with Crippen molar-refractivity contribution in [3.8, 4) is 0 Å². The van der Waals surface area contributed by atoms with Gasteiger partial charge in [-0.1, -0.05) is 6.92 Å². The van der Waals surface area contributed by atoms with Crippen molar-refractivity contribution in [2.24, 2.45) is 17.6 Å². The number of ether oxygens (including phenoxy) is 1. The monoisotopic (exact) mass is 432 g/mol. The molecule has 0 aromatic heterocycles. The molecule has 0 radical (unpaired) electrons. The summed E-state index contributed by atoms with van der Waals surface area (Å²) >= 11 is 0. The fourth-order valence-electron chi connectivity index (χ4n) is 4.04. The second kappa shape index (κ2) is 9.76. The standard InChI is InChI=1S/C21H28N4O6/c1-14-4-8-23(9-5-14)18-3-2-16(25(29)30)12-17(18)21(28)31-13-19(26)24-10-6-15(7-11-24)20(22)27/h2-3,12,14-15H,4-11,13H2,1H3,(H2,22,27). The number of nitrogens with two attached hydrogens (primary N) is 1. The van der Waals surface area contributed by atoms with E-state index < -0.39 is 17.5 Å². The van der Waals surface area contributed by atoms with Gasteiger partial charge in [-0.05, 0) is 37.7 Å². The normalized spacial score (nSPS) is 18.0. The zero-order valence-corrected chi connectivity index (χ0v) is 17.6. The van der Waals surface area contributed by atoms with Crippen molar-refractivity contribution >= 4 is 29.2 Å². The second-order valence-corrected chi connectivity index (χ2v) is 8.26. The number of benzene rings is 1. The number of nitro benzene ring substituents is 1. The molecule has 0 saturated carbocycles. The predicted octanol–water partition coefficient (Wildman–Crippen LogP) is 1.71. The molecule has 3 rings (SSSR count). The number of rotatable bonds is 6. The number of hydrogen-bond donors (Lipinski definition) is 1. The summed E-state index contributed by atoms with van der Waals surface area (Å²) in [6.45, 7) is 3.94. The molecule has 0 aliphatic carbocycles. The highest BCUT2D eigenvalue weighted by Crippen LogP contribution is 2.30. The van der Waals surface area contributed by atoms with Crippen molar-refractivity contribution in [3.05, 3.63) is 33.9 Å². The van der Waals surface area contributed by atoms with Crippen LogP contribution in [0.1, 0.15) is 43.0 Å². The maximum absolute atomic E-state index is 12.8. The molecule has 1 aromatic rings. The van der Waals surface area contributed by atoms with Gasteiger partial charge in [0.2, 0.25) is 5.91 Å². The average Bonchev–Trinajstić information content (AvgIpc) is 2.77. The number of likely N-dealkylation sites (tertiary alicyclic amines) is 1. The molecule has 2 aliphatic rings. The first-order valence-corrected chi connectivity index (χ1v) is 10.5. The maximum atomic E-state index is 12.8. The molecule has 0 bridgehead atoms. The maximum Gasteiger partial charge on any atom is 0.341 e. The molecule has 2 saturated heterocycles. The number of piperidine rings is 2. The molecule has 2 aliphatic heterocycles. The first-order chi connectivity index (χ1) is 14.8. The van der Waals surface area contributed by atoms with Gasteiger partial charge in [0, 0.05) is 44.2 Å². The van der Waals surface area contributed by atoms with Gasteiger partial charge in [-0.2, -0.15) is 0 Å². The van der Waals surface area contributed by atoms with Crippen molar-refractivity contribution in [1.82, 2.24) is 4.90 Å². The summed E-state index contributed by atoms with van der Waals surface area (Å²) in [5.74, 6) is -1.16. The summed E-state index contributed by atoms with van der Waals surface area (Å²) in [4.78, 5) is 50.6. The van der Waals surface area contributed by atoms with E-state index >= 15 is 0 Å². The highest BCUT2D eigenvalue weighted by atomic mass is 16.6. The lowest BCUT2D eigenvalue weighted by molar-refractivity contribution is -0.384. The van der Waals surface area contributed by atoms with E-state index in [1.165, 1.54) is 17.0 Å². The van der Waals surface area contributed by atoms with Crippen LogP contribution in [0.3, 0.4) is 0 Å². The molecule has 10 nitrogen and oxygen atoms in total. The van der Waals surface area contributed by atoms with Crippen LogP contribution in [0.25, 0.3) is 0 Å². The predicted molar refractivity (Wildman–Crippen MR) is 112 cm³/mol. The number of nitro groups is 1. The van der Waals surface area contributed by atoms with Gasteiger partial charge in [0.25, 0.3) is 11.6 Å². The number of non-ortho nitro benzene ring substituents is 1. The Kier molecular flexibility index (Phi) is 7.09. The van der Waals surface area contributed by atoms with E-state index in [4.69, 9.17) is 10.5 Å². The van der Waals surface area contributed by atoms with Crippen molar-refractivity contribution in [2.75, 3.05) is 37.7 Å². The molecule has 168 valence electrons. The molecule has 0 unspecified atom stereocenters. The zero-order valence-electron chi connectivity index (χ0n) is 17.6. The van der Waals surface area contributed by atoms with E-state index in [1.807, 2.05) is 4.90 Å². The summed E-state index contributed by atoms with van der Waals surface area (Å²) < 4.78 is 5.23. The van der Waals surface area contributed by atoms with Crippen molar-refractivity contribution in [2.45, 2.75) is 32.6 Å². The molecule has 0 atom stereocenters. The third-order valence-corrected chi connectivity index (χ3v) is 6.11. The number of carbonyl (C=O) groups excluding carboxylic acids is 3. The Morgan fingerprint density at radius 1 is 1.13 bits per heavy atom. The first kappa shape index (κ1) is 22.5. The topological polar surface area (TPSA) is 136 Å². The summed E-state index contributed by atoms with van der Waals surface area (Å²) in [6.07, 6.45) is 2.89. The van der Waals surface area contributed by atoms with Crippen LogP contribution in [0.2, 0.25) is 0 Å². The molecule has 10 heteroatoms. The fourth-order valence-corrected chi connectivity index (χ4v) is 4.04. The number of hydrogen-bond acceptors (Lipinski definition) is 7. The molecule has 2 fully saturated rings. The quantitative estimate of drug-likeness (QED) is 0.410. The van der Waals surface area contributed by atoms with Gasteiger partial charge in [-0.3, -0.25) is 19.7 Å². The van der Waals surface area contributed by atoms with Crippen molar-refractivity contribution in [1.29, 1.82) is 0 Å². The Balaban J connectivity index is 1.67. The van der Waals surface area contributed by atoms with E-state index in [0.717, 1.165) is 25.9 Å². The largest absolute Gasteiger partial charge is 0.452 e. The highest BCUT2D eigenvalue weighted by molar-refractivity contribution is 5.97. The third-order valence-electron chi connectivity index (χ3n) is 6.11. The first-order valence-electron chi connectivity index (χ1n) is 10.5. The van der Waals surface area contributed by atoms with Crippen LogP contribution in [-0.2, 0) is 14.3 Å². The zero-order chi connectivity index (χ0) is 22.5. The van der Waals surface area contributed by atoms with E-state index in [0.29, 0.717) is 37.5 Å². The van der Waals surface area contributed by atoms with E-state index in [1.54, 1.807) is 6.07 Å². The number of amides is 2. The van der Waals surface area contributed by atoms with Crippen LogP contribution >= 0.6 is 0 Å². The second-order valence-electron chi connectivity index (χ2n) is 8.26. The van der Waals surface area contributed by atoms with Gasteiger partial charge >= 0.3 is 5.97 Å². The Bertz CT molecular complexity index is 857. The van der Waals surface area contributed by atoms with Gasteiger partial charge in [0.05, 0.1) is 16.2 Å². The van der Waals surface area contributed by atoms with Gasteiger partial charge in [-0.15, -0.1) is 0 Å². The molecular formula is C21H28N4O6. The minimum absolute atomic E-state index is 0.0870. The number of nitrogens with zero attached hydrogens (tertiary/aromatic N) is 3. The highest BCUT2D eigenvalue weighted by Gasteiger charge is 2.28. The Morgan fingerprint density at radius 2 is 1.77 bits per heavy atom. The van der Waals surface area contributed by atoms with Crippen molar-refractivity contribution < 1.29 is 24.0 Å². The van der Waals surface area contributed by atoms with E-state index in [-0.39, 0.29) is 29.0 Å². The summed E-state index contributed by atoms with van der Waals surface area (Å²) in [6, 6.07) is 4.15. The van der Waals surface area contributed by atoms with Gasteiger partial charge < -0.3 is 20.3 Å². The van der Waals surface area contributed by atoms with Crippen LogP contribution < -0.4 is 10.6 Å². The number of carbonyl (C=O) groups is 3. The molecular weight excluding hydrogens is 404 g/mol. The lowest BCUT2D eigenvalue weighted by atomic mass is 9.96. The Labute approximate surface area is 180 Å². The lowest BCUT2D eigenvalue weighted by Gasteiger charge is -2.33. The minimum atomic E-state index is -0.766. The Morgan fingerprint density at radius 3 is 2.35 bits per heavy atom. The van der Waals surface area contributed by atoms with E-state index in [9.17, 15) is 24.5 Å². The smallest absolute Gasteiger partial charge is 0.341 e. The number of primary amides is 1. The number of esters is 1. The third kappa shape index (κ3) is 5.50. The molecule has 2 heterocycles. The van der Waals surface area contributed by atoms with E-state index in [2.05, 4.69) is 6.92 Å². The number of anilines is 1. The average molecular weight is 432 g/mol. The van der Waals surface area contributed by atoms with Crippen molar-refractivity contribution in [3.63, 3.8) is 0 Å². The van der Waals surface area contributed by atoms with Gasteiger partial charge in [0.15, 0.2) is 6.61 Å². The molecule has 2 N–H and O–H groups in total. The van der Waals surface area contributed by atoms with Crippen LogP contribution in [0, 0.1) is 22.0 Å². The molecule has 31 heavy (non-hydrogen) atoms. The summed E-state index contributed by atoms with van der Waals surface area (Å²) in [7, 11) is 0. The molecule has 0 spiro atoms. The van der Waals surface area contributed by atoms with Gasteiger partial charge in [-0.25, -0.2) is 4.79 Å². The van der Waals surface area contributed by atoms with Crippen LogP contribution in [0.4, 0.5) is 11.4 Å². The van der Waals surface area contributed by atoms with Crippen LogP contribution in [-0.4, -0.2) is 60.4 Å². The lowest BCUT2D eigenvalue weighted by Crippen LogP contribution is -2.43.